The molecule has 0 atom stereocenters. The van der Waals surface area contributed by atoms with Crippen molar-refractivity contribution in [3.8, 4) is 0 Å². The number of aliphatic hydroxyl groups is 1. The molecule has 0 amide bonds. The van der Waals surface area contributed by atoms with Gasteiger partial charge in [0.1, 0.15) is 5.82 Å². The van der Waals surface area contributed by atoms with Gasteiger partial charge in [-0.15, -0.1) is 5.10 Å². The highest BCUT2D eigenvalue weighted by molar-refractivity contribution is 7.99. The Kier molecular flexibility index (Phi) is 4.63. The van der Waals surface area contributed by atoms with E-state index in [0.717, 1.165) is 29.1 Å². The Labute approximate surface area is 123 Å². The van der Waals surface area contributed by atoms with Crippen LogP contribution in [0.3, 0.4) is 0 Å². The van der Waals surface area contributed by atoms with Crippen molar-refractivity contribution in [2.45, 2.75) is 43.7 Å². The lowest BCUT2D eigenvalue weighted by molar-refractivity contribution is -0.121. The summed E-state index contributed by atoms with van der Waals surface area (Å²) in [5.41, 5.74) is -0.0741. The van der Waals surface area contributed by atoms with Crippen LogP contribution in [0.2, 0.25) is 0 Å². The molecule has 0 unspecified atom stereocenters. The molecule has 1 aliphatic carbocycles. The predicted octanol–water partition coefficient (Wildman–Crippen LogP) is 2.03. The van der Waals surface area contributed by atoms with Crippen LogP contribution in [0.15, 0.2) is 5.16 Å². The highest BCUT2D eigenvalue weighted by atomic mass is 32.2. The maximum Gasteiger partial charge on any atom is 0.208 e. The minimum atomic E-state index is -0.0741. The number of nitrogens with zero attached hydrogens (tertiary/aromatic N) is 2. The number of H-pyrrole nitrogens is 1. The van der Waals surface area contributed by atoms with Gasteiger partial charge in [0.05, 0.1) is 19.8 Å². The fourth-order valence-corrected chi connectivity index (χ4v) is 3.90. The minimum absolute atomic E-state index is 0.0741. The van der Waals surface area contributed by atoms with Crippen molar-refractivity contribution >= 4 is 11.8 Å². The predicted molar refractivity (Wildman–Crippen MR) is 77.7 cm³/mol. The molecule has 1 aromatic rings. The minimum Gasteiger partial charge on any atom is -0.396 e. The molecule has 112 valence electrons. The summed E-state index contributed by atoms with van der Waals surface area (Å²) in [7, 11) is 0. The average Bonchev–Trinajstić information content (AvgIpc) is 3.07. The van der Waals surface area contributed by atoms with Crippen LogP contribution >= 0.6 is 11.8 Å². The highest BCUT2D eigenvalue weighted by Crippen LogP contribution is 2.33. The SMILES string of the molecule is OCC1(CSc2n[nH]c(CCC3CCCC3)n2)COC1. The van der Waals surface area contributed by atoms with Crippen molar-refractivity contribution in [2.75, 3.05) is 25.6 Å². The normalized spacial score (nSPS) is 22.1. The number of aryl methyl sites for hydroxylation is 1. The second-order valence-corrected chi connectivity index (χ2v) is 7.14. The molecule has 2 fully saturated rings. The number of hydrogen-bond donors (Lipinski definition) is 2. The smallest absolute Gasteiger partial charge is 0.208 e. The van der Waals surface area contributed by atoms with Gasteiger partial charge in [-0.05, 0) is 12.3 Å². The number of thioether (sulfide) groups is 1. The molecule has 1 aromatic heterocycles. The Morgan fingerprint density at radius 2 is 2.15 bits per heavy atom. The van der Waals surface area contributed by atoms with Crippen LogP contribution in [-0.4, -0.2) is 45.9 Å². The summed E-state index contributed by atoms with van der Waals surface area (Å²) in [5.74, 6) is 2.71. The molecule has 1 saturated heterocycles. The molecular formula is C14H23N3O2S. The lowest BCUT2D eigenvalue weighted by Crippen LogP contribution is -2.47. The van der Waals surface area contributed by atoms with Gasteiger partial charge in [-0.2, -0.15) is 0 Å². The number of aromatic nitrogens is 3. The van der Waals surface area contributed by atoms with E-state index in [4.69, 9.17) is 4.74 Å². The lowest BCUT2D eigenvalue weighted by Gasteiger charge is -2.39. The molecular weight excluding hydrogens is 274 g/mol. The Balaban J connectivity index is 1.44. The molecule has 6 heteroatoms. The van der Waals surface area contributed by atoms with Crippen molar-refractivity contribution in [3.05, 3.63) is 5.82 Å². The molecule has 5 nitrogen and oxygen atoms in total. The van der Waals surface area contributed by atoms with Crippen LogP contribution in [0.4, 0.5) is 0 Å². The van der Waals surface area contributed by atoms with Crippen LogP contribution < -0.4 is 0 Å². The molecule has 0 bridgehead atoms. The average molecular weight is 297 g/mol. The van der Waals surface area contributed by atoms with Gasteiger partial charge in [0.15, 0.2) is 0 Å². The number of nitrogens with one attached hydrogen (secondary N) is 1. The standard InChI is InChI=1S/C14H23N3O2S/c18-7-14(8-19-9-14)10-20-13-15-12(16-17-13)6-5-11-3-1-2-4-11/h11,18H,1-10H2,(H,15,16,17). The van der Waals surface area contributed by atoms with E-state index in [1.165, 1.54) is 32.1 Å². The number of ether oxygens (including phenoxy) is 1. The van der Waals surface area contributed by atoms with Gasteiger partial charge >= 0.3 is 0 Å². The largest absolute Gasteiger partial charge is 0.396 e. The number of rotatable bonds is 7. The molecule has 1 aliphatic heterocycles. The van der Waals surface area contributed by atoms with Crippen molar-refractivity contribution in [1.82, 2.24) is 15.2 Å². The Morgan fingerprint density at radius 1 is 1.35 bits per heavy atom. The number of hydrogen-bond acceptors (Lipinski definition) is 5. The molecule has 0 aromatic carbocycles. The van der Waals surface area contributed by atoms with E-state index < -0.39 is 0 Å². The van der Waals surface area contributed by atoms with E-state index >= 15 is 0 Å². The summed E-state index contributed by atoms with van der Waals surface area (Å²) in [6.45, 7) is 1.48. The van der Waals surface area contributed by atoms with Gasteiger partial charge < -0.3 is 9.84 Å². The molecule has 20 heavy (non-hydrogen) atoms. The molecule has 3 rings (SSSR count). The first-order valence-corrected chi connectivity index (χ1v) is 8.51. The Morgan fingerprint density at radius 3 is 2.80 bits per heavy atom. The third-order valence-electron chi connectivity index (χ3n) is 4.43. The first-order chi connectivity index (χ1) is 9.80. The zero-order chi connectivity index (χ0) is 13.8. The molecule has 0 spiro atoms. The second-order valence-electron chi connectivity index (χ2n) is 6.19. The van der Waals surface area contributed by atoms with E-state index in [9.17, 15) is 5.11 Å². The van der Waals surface area contributed by atoms with E-state index in [0.29, 0.717) is 13.2 Å². The van der Waals surface area contributed by atoms with Crippen molar-refractivity contribution < 1.29 is 9.84 Å². The fraction of sp³-hybridized carbons (Fsp3) is 0.857. The third-order valence-corrected chi connectivity index (χ3v) is 5.63. The maximum absolute atomic E-state index is 9.38. The van der Waals surface area contributed by atoms with Crippen LogP contribution in [0.5, 0.6) is 0 Å². The van der Waals surface area contributed by atoms with E-state index in [1.807, 2.05) is 0 Å². The summed E-state index contributed by atoms with van der Waals surface area (Å²) in [6.07, 6.45) is 7.80. The van der Waals surface area contributed by atoms with Crippen LogP contribution in [0, 0.1) is 11.3 Å². The first kappa shape index (κ1) is 14.4. The van der Waals surface area contributed by atoms with Gasteiger partial charge in [-0.25, -0.2) is 4.98 Å². The van der Waals surface area contributed by atoms with Gasteiger partial charge in [0.2, 0.25) is 5.16 Å². The number of aliphatic hydroxyl groups excluding tert-OH is 1. The number of aromatic amines is 1. The lowest BCUT2D eigenvalue weighted by atomic mass is 9.90. The summed E-state index contributed by atoms with van der Waals surface area (Å²) >= 11 is 1.61. The zero-order valence-corrected chi connectivity index (χ0v) is 12.6. The van der Waals surface area contributed by atoms with Crippen LogP contribution in [-0.2, 0) is 11.2 Å². The van der Waals surface area contributed by atoms with Gasteiger partial charge in [0.25, 0.3) is 0 Å². The van der Waals surface area contributed by atoms with Crippen molar-refractivity contribution in [1.29, 1.82) is 0 Å². The van der Waals surface area contributed by atoms with Gasteiger partial charge in [0, 0.05) is 17.6 Å². The molecule has 2 heterocycles. The fourth-order valence-electron chi connectivity index (χ4n) is 2.92. The molecule has 0 radical (unpaired) electrons. The summed E-state index contributed by atoms with van der Waals surface area (Å²) in [5, 5.41) is 17.5. The first-order valence-electron chi connectivity index (χ1n) is 7.52. The molecule has 2 aliphatic rings. The van der Waals surface area contributed by atoms with Crippen molar-refractivity contribution in [2.24, 2.45) is 11.3 Å². The van der Waals surface area contributed by atoms with Crippen LogP contribution in [0.1, 0.15) is 37.9 Å². The van der Waals surface area contributed by atoms with Gasteiger partial charge in [-0.3, -0.25) is 5.10 Å². The van der Waals surface area contributed by atoms with Gasteiger partial charge in [-0.1, -0.05) is 37.4 Å². The third kappa shape index (κ3) is 3.35. The quantitative estimate of drug-likeness (QED) is 0.754. The Bertz CT molecular complexity index is 422. The monoisotopic (exact) mass is 297 g/mol. The zero-order valence-electron chi connectivity index (χ0n) is 11.8. The van der Waals surface area contributed by atoms with Crippen LogP contribution in [0.25, 0.3) is 0 Å². The maximum atomic E-state index is 9.38. The summed E-state index contributed by atoms with van der Waals surface area (Å²) in [4.78, 5) is 4.54. The molecule has 2 N–H and O–H groups in total. The summed E-state index contributed by atoms with van der Waals surface area (Å²) in [6, 6.07) is 0. The van der Waals surface area contributed by atoms with E-state index in [1.54, 1.807) is 11.8 Å². The highest BCUT2D eigenvalue weighted by Gasteiger charge is 2.38. The molecule has 1 saturated carbocycles. The topological polar surface area (TPSA) is 71.0 Å². The summed E-state index contributed by atoms with van der Waals surface area (Å²) < 4.78 is 5.20. The van der Waals surface area contributed by atoms with E-state index in [-0.39, 0.29) is 12.0 Å². The second kappa shape index (κ2) is 6.45. The Hall–Kier alpha value is -0.590. The van der Waals surface area contributed by atoms with E-state index in [2.05, 4.69) is 15.2 Å². The van der Waals surface area contributed by atoms with Crippen molar-refractivity contribution in [3.63, 3.8) is 0 Å².